The van der Waals surface area contributed by atoms with Crippen LogP contribution in [0.25, 0.3) is 0 Å². The lowest BCUT2D eigenvalue weighted by Gasteiger charge is -2.23. The van der Waals surface area contributed by atoms with Crippen LogP contribution in [0.5, 0.6) is 5.75 Å². The molecule has 0 aromatic heterocycles. The van der Waals surface area contributed by atoms with E-state index in [1.54, 1.807) is 0 Å². The van der Waals surface area contributed by atoms with Gasteiger partial charge in [-0.3, -0.25) is 4.79 Å². The Balaban J connectivity index is 2.98. The molecule has 0 amide bonds. The first-order valence-corrected chi connectivity index (χ1v) is 5.00. The Morgan fingerprint density at radius 3 is 2.29 bits per heavy atom. The Morgan fingerprint density at radius 1 is 1.24 bits per heavy atom. The van der Waals surface area contributed by atoms with Crippen molar-refractivity contribution in [3.05, 3.63) is 29.8 Å². The quantitative estimate of drug-likeness (QED) is 0.816. The van der Waals surface area contributed by atoms with E-state index in [1.807, 2.05) is 0 Å². The number of halogens is 3. The highest BCUT2D eigenvalue weighted by Gasteiger charge is 2.32. The molecule has 0 aliphatic rings. The van der Waals surface area contributed by atoms with Crippen LogP contribution in [0.3, 0.4) is 0 Å². The van der Waals surface area contributed by atoms with Gasteiger partial charge in [-0.2, -0.15) is 13.2 Å². The summed E-state index contributed by atoms with van der Waals surface area (Å²) >= 11 is 0. The normalized spacial score (nSPS) is 12.4. The Kier molecular flexibility index (Phi) is 3.50. The van der Waals surface area contributed by atoms with Gasteiger partial charge in [0.05, 0.1) is 5.56 Å². The zero-order chi connectivity index (χ0) is 13.3. The molecule has 0 atom stereocenters. The number of hydrogen-bond donors (Lipinski definition) is 0. The van der Waals surface area contributed by atoms with E-state index in [0.717, 1.165) is 12.1 Å². The van der Waals surface area contributed by atoms with Crippen LogP contribution in [-0.2, 0) is 11.0 Å². The molecule has 5 heteroatoms. The number of hydrogen-bond acceptors (Lipinski definition) is 2. The van der Waals surface area contributed by atoms with Crippen molar-refractivity contribution < 1.29 is 22.7 Å². The lowest BCUT2D eigenvalue weighted by Crippen LogP contribution is -2.36. The van der Waals surface area contributed by atoms with Crippen molar-refractivity contribution in [1.29, 1.82) is 0 Å². The standard InChI is InChI=1S/C12H13F3O2/c1-8(16)11(2,3)17-10-6-4-5-9(7-10)12(13,14)15/h4-7H,1-3H3. The van der Waals surface area contributed by atoms with Crippen molar-refractivity contribution >= 4 is 5.78 Å². The Hall–Kier alpha value is -1.52. The first kappa shape index (κ1) is 13.5. The van der Waals surface area contributed by atoms with E-state index >= 15 is 0 Å². The third kappa shape index (κ3) is 3.47. The SMILES string of the molecule is CC(=O)C(C)(C)Oc1cccc(C(F)(F)F)c1. The summed E-state index contributed by atoms with van der Waals surface area (Å²) in [5, 5.41) is 0. The molecule has 0 saturated heterocycles. The predicted octanol–water partition coefficient (Wildman–Crippen LogP) is 3.45. The molecule has 0 heterocycles. The van der Waals surface area contributed by atoms with Gasteiger partial charge in [0.1, 0.15) is 5.75 Å². The molecule has 1 rings (SSSR count). The second kappa shape index (κ2) is 4.39. The van der Waals surface area contributed by atoms with Gasteiger partial charge in [0, 0.05) is 0 Å². The number of rotatable bonds is 3. The molecule has 2 nitrogen and oxygen atoms in total. The second-order valence-corrected chi connectivity index (χ2v) is 4.19. The Bertz CT molecular complexity index is 422. The van der Waals surface area contributed by atoms with Crippen molar-refractivity contribution in [3.8, 4) is 5.75 Å². The topological polar surface area (TPSA) is 26.3 Å². The van der Waals surface area contributed by atoms with Gasteiger partial charge < -0.3 is 4.74 Å². The van der Waals surface area contributed by atoms with Gasteiger partial charge in [-0.25, -0.2) is 0 Å². The first-order valence-electron chi connectivity index (χ1n) is 5.00. The fourth-order valence-electron chi connectivity index (χ4n) is 1.10. The molecule has 1 aromatic rings. The van der Waals surface area contributed by atoms with Crippen LogP contribution >= 0.6 is 0 Å². The van der Waals surface area contributed by atoms with E-state index in [2.05, 4.69) is 0 Å². The fraction of sp³-hybridized carbons (Fsp3) is 0.417. The van der Waals surface area contributed by atoms with Crippen LogP contribution in [0.1, 0.15) is 26.3 Å². The number of carbonyl (C=O) groups is 1. The molecule has 0 fully saturated rings. The molecule has 0 spiro atoms. The number of Topliss-reactive ketones (excluding diaryl/α,β-unsaturated/α-hetero) is 1. The minimum Gasteiger partial charge on any atom is -0.480 e. The van der Waals surface area contributed by atoms with E-state index in [0.29, 0.717) is 0 Å². The van der Waals surface area contributed by atoms with Crippen LogP contribution in [0, 0.1) is 0 Å². The Labute approximate surface area is 97.4 Å². The minimum absolute atomic E-state index is 0.0278. The largest absolute Gasteiger partial charge is 0.480 e. The lowest BCUT2D eigenvalue weighted by atomic mass is 10.1. The highest BCUT2D eigenvalue weighted by molar-refractivity contribution is 5.84. The van der Waals surface area contributed by atoms with Crippen molar-refractivity contribution in [2.45, 2.75) is 32.5 Å². The molecule has 0 N–H and O–H groups in total. The van der Waals surface area contributed by atoms with Crippen molar-refractivity contribution in [2.24, 2.45) is 0 Å². The third-order valence-corrected chi connectivity index (χ3v) is 2.38. The average molecular weight is 246 g/mol. The summed E-state index contributed by atoms with van der Waals surface area (Å²) in [4.78, 5) is 11.2. The summed E-state index contributed by atoms with van der Waals surface area (Å²) in [6.07, 6.45) is -4.42. The number of benzene rings is 1. The zero-order valence-corrected chi connectivity index (χ0v) is 9.76. The molecule has 0 bridgehead atoms. The summed E-state index contributed by atoms with van der Waals surface area (Å²) in [7, 11) is 0. The number of alkyl halides is 3. The Morgan fingerprint density at radius 2 is 1.82 bits per heavy atom. The van der Waals surface area contributed by atoms with E-state index in [1.165, 1.54) is 32.9 Å². The second-order valence-electron chi connectivity index (χ2n) is 4.19. The zero-order valence-electron chi connectivity index (χ0n) is 9.76. The van der Waals surface area contributed by atoms with E-state index in [4.69, 9.17) is 4.74 Å². The molecule has 94 valence electrons. The van der Waals surface area contributed by atoms with E-state index < -0.39 is 17.3 Å². The highest BCUT2D eigenvalue weighted by Crippen LogP contribution is 2.32. The maximum Gasteiger partial charge on any atom is 0.416 e. The first-order chi connectivity index (χ1) is 7.63. The van der Waals surface area contributed by atoms with Crippen LogP contribution in [0.15, 0.2) is 24.3 Å². The molecule has 1 aromatic carbocycles. The van der Waals surface area contributed by atoms with Gasteiger partial charge in [0.2, 0.25) is 0 Å². The predicted molar refractivity (Wildman–Crippen MR) is 56.8 cm³/mol. The summed E-state index contributed by atoms with van der Waals surface area (Å²) in [6.45, 7) is 4.35. The monoisotopic (exact) mass is 246 g/mol. The van der Waals surface area contributed by atoms with Gasteiger partial charge >= 0.3 is 6.18 Å². The van der Waals surface area contributed by atoms with Crippen LogP contribution in [-0.4, -0.2) is 11.4 Å². The molecule has 0 aliphatic heterocycles. The molecular weight excluding hydrogens is 233 g/mol. The fourth-order valence-corrected chi connectivity index (χ4v) is 1.10. The summed E-state index contributed by atoms with van der Waals surface area (Å²) in [6, 6.07) is 4.46. The summed E-state index contributed by atoms with van der Waals surface area (Å²) in [5.74, 6) is -0.227. The van der Waals surface area contributed by atoms with Crippen molar-refractivity contribution in [3.63, 3.8) is 0 Å². The maximum absolute atomic E-state index is 12.4. The van der Waals surface area contributed by atoms with E-state index in [9.17, 15) is 18.0 Å². The lowest BCUT2D eigenvalue weighted by molar-refractivity contribution is -0.137. The number of ketones is 1. The smallest absolute Gasteiger partial charge is 0.416 e. The summed E-state index contributed by atoms with van der Waals surface area (Å²) in [5.41, 5.74) is -1.93. The maximum atomic E-state index is 12.4. The van der Waals surface area contributed by atoms with E-state index in [-0.39, 0.29) is 11.5 Å². The van der Waals surface area contributed by atoms with Gasteiger partial charge in [-0.1, -0.05) is 6.07 Å². The number of carbonyl (C=O) groups excluding carboxylic acids is 1. The van der Waals surface area contributed by atoms with Gasteiger partial charge in [0.25, 0.3) is 0 Å². The van der Waals surface area contributed by atoms with Gasteiger partial charge in [-0.15, -0.1) is 0 Å². The van der Waals surface area contributed by atoms with Gasteiger partial charge in [0.15, 0.2) is 11.4 Å². The van der Waals surface area contributed by atoms with Crippen LogP contribution < -0.4 is 4.74 Å². The van der Waals surface area contributed by atoms with Crippen LogP contribution in [0.2, 0.25) is 0 Å². The average Bonchev–Trinajstić information content (AvgIpc) is 2.15. The molecule has 17 heavy (non-hydrogen) atoms. The van der Waals surface area contributed by atoms with Crippen molar-refractivity contribution in [1.82, 2.24) is 0 Å². The van der Waals surface area contributed by atoms with Crippen LogP contribution in [0.4, 0.5) is 13.2 Å². The highest BCUT2D eigenvalue weighted by atomic mass is 19.4. The third-order valence-electron chi connectivity index (χ3n) is 2.38. The number of ether oxygens (including phenoxy) is 1. The van der Waals surface area contributed by atoms with Crippen molar-refractivity contribution in [2.75, 3.05) is 0 Å². The van der Waals surface area contributed by atoms with Gasteiger partial charge in [-0.05, 0) is 39.0 Å². The molecular formula is C12H13F3O2. The minimum atomic E-state index is -4.42. The molecule has 0 unspecified atom stereocenters. The molecule has 0 radical (unpaired) electrons. The molecule has 0 aliphatic carbocycles. The molecule has 0 saturated carbocycles. The summed E-state index contributed by atoms with van der Waals surface area (Å²) < 4.78 is 42.6.